The highest BCUT2D eigenvalue weighted by atomic mass is 16.5. The van der Waals surface area contributed by atoms with Gasteiger partial charge in [-0.1, -0.05) is 6.42 Å². The number of ether oxygens (including phenoxy) is 1. The van der Waals surface area contributed by atoms with E-state index in [-0.39, 0.29) is 17.9 Å². The SMILES string of the molecule is COC(=O)[C@@H](C)NC(=O)C1CC2CCCC(C1)C2N. The number of amides is 1. The van der Waals surface area contributed by atoms with Crippen molar-refractivity contribution >= 4 is 11.9 Å². The Morgan fingerprint density at radius 3 is 2.37 bits per heavy atom. The summed E-state index contributed by atoms with van der Waals surface area (Å²) in [6.45, 7) is 1.65. The number of carbonyl (C=O) groups excluding carboxylic acids is 2. The Morgan fingerprint density at radius 1 is 1.26 bits per heavy atom. The van der Waals surface area contributed by atoms with Crippen molar-refractivity contribution in [3.8, 4) is 0 Å². The topological polar surface area (TPSA) is 81.4 Å². The van der Waals surface area contributed by atoms with Crippen LogP contribution < -0.4 is 11.1 Å². The minimum absolute atomic E-state index is 0.00204. The summed E-state index contributed by atoms with van der Waals surface area (Å²) >= 11 is 0. The standard InChI is InChI=1S/C14H24N2O3/c1-8(14(18)19-2)16-13(17)11-6-9-4-3-5-10(7-11)12(9)15/h8-12H,3-7,15H2,1-2H3,(H,16,17)/t8-,9?,10?,11?,12?/m1/s1. The first-order valence-corrected chi connectivity index (χ1v) is 7.16. The number of methoxy groups -OCH3 is 1. The number of rotatable bonds is 3. The van der Waals surface area contributed by atoms with Gasteiger partial charge in [0.25, 0.3) is 0 Å². The molecular formula is C14H24N2O3. The number of nitrogens with two attached hydrogens (primary N) is 1. The predicted octanol–water partition coefficient (Wildman–Crippen LogP) is 0.818. The summed E-state index contributed by atoms with van der Waals surface area (Å²) in [5.41, 5.74) is 6.21. The van der Waals surface area contributed by atoms with Crippen LogP contribution in [0.2, 0.25) is 0 Å². The number of carbonyl (C=O) groups is 2. The molecule has 5 nitrogen and oxygen atoms in total. The van der Waals surface area contributed by atoms with E-state index in [0.29, 0.717) is 11.8 Å². The molecule has 2 aliphatic rings. The highest BCUT2D eigenvalue weighted by Crippen LogP contribution is 2.41. The van der Waals surface area contributed by atoms with Gasteiger partial charge in [0, 0.05) is 12.0 Å². The van der Waals surface area contributed by atoms with Crippen LogP contribution in [0, 0.1) is 17.8 Å². The van der Waals surface area contributed by atoms with Crippen LogP contribution in [0.4, 0.5) is 0 Å². The van der Waals surface area contributed by atoms with Crippen LogP contribution >= 0.6 is 0 Å². The van der Waals surface area contributed by atoms with Gasteiger partial charge in [0.15, 0.2) is 0 Å². The van der Waals surface area contributed by atoms with Gasteiger partial charge in [0.05, 0.1) is 7.11 Å². The fourth-order valence-electron chi connectivity index (χ4n) is 3.57. The number of esters is 1. The molecule has 2 unspecified atom stereocenters. The second kappa shape index (κ2) is 5.90. The lowest BCUT2D eigenvalue weighted by molar-refractivity contribution is -0.145. The molecule has 0 heterocycles. The number of hydrogen-bond donors (Lipinski definition) is 2. The molecule has 2 saturated carbocycles. The third-order valence-electron chi connectivity index (χ3n) is 4.70. The summed E-state index contributed by atoms with van der Waals surface area (Å²) in [6, 6.07) is -0.316. The van der Waals surface area contributed by atoms with Crippen molar-refractivity contribution in [2.24, 2.45) is 23.5 Å². The largest absolute Gasteiger partial charge is 0.467 e. The Hall–Kier alpha value is -1.10. The molecule has 0 aliphatic heterocycles. The molecule has 3 atom stereocenters. The Balaban J connectivity index is 1.92. The predicted molar refractivity (Wildman–Crippen MR) is 71.2 cm³/mol. The van der Waals surface area contributed by atoms with Gasteiger partial charge in [0.1, 0.15) is 6.04 Å². The molecule has 0 aromatic carbocycles. The lowest BCUT2D eigenvalue weighted by Crippen LogP contribution is -2.50. The number of nitrogens with one attached hydrogen (secondary N) is 1. The Kier molecular flexibility index (Phi) is 4.45. The van der Waals surface area contributed by atoms with Crippen molar-refractivity contribution in [3.05, 3.63) is 0 Å². The molecule has 108 valence electrons. The molecule has 2 fully saturated rings. The van der Waals surface area contributed by atoms with Crippen LogP contribution in [-0.2, 0) is 14.3 Å². The quantitative estimate of drug-likeness (QED) is 0.742. The molecule has 2 bridgehead atoms. The van der Waals surface area contributed by atoms with Crippen molar-refractivity contribution in [1.29, 1.82) is 0 Å². The molecular weight excluding hydrogens is 244 g/mol. The highest BCUT2D eigenvalue weighted by Gasteiger charge is 2.40. The normalized spacial score (nSPS) is 35.3. The van der Waals surface area contributed by atoms with Crippen LogP contribution in [0.1, 0.15) is 39.0 Å². The molecule has 0 spiro atoms. The maximum absolute atomic E-state index is 12.2. The van der Waals surface area contributed by atoms with Gasteiger partial charge in [-0.25, -0.2) is 4.79 Å². The molecule has 1 amide bonds. The maximum atomic E-state index is 12.2. The fraction of sp³-hybridized carbons (Fsp3) is 0.857. The summed E-state index contributed by atoms with van der Waals surface area (Å²) in [6.07, 6.45) is 5.22. The van der Waals surface area contributed by atoms with E-state index in [0.717, 1.165) is 25.7 Å². The van der Waals surface area contributed by atoms with Crippen LogP contribution in [-0.4, -0.2) is 31.1 Å². The van der Waals surface area contributed by atoms with E-state index in [4.69, 9.17) is 5.73 Å². The van der Waals surface area contributed by atoms with Gasteiger partial charge in [-0.2, -0.15) is 0 Å². The first-order chi connectivity index (χ1) is 9.02. The number of hydrogen-bond acceptors (Lipinski definition) is 4. The first-order valence-electron chi connectivity index (χ1n) is 7.16. The lowest BCUT2D eigenvalue weighted by Gasteiger charge is -2.43. The van der Waals surface area contributed by atoms with Crippen LogP contribution in [0.3, 0.4) is 0 Å². The molecule has 19 heavy (non-hydrogen) atoms. The van der Waals surface area contributed by atoms with E-state index in [1.54, 1.807) is 6.92 Å². The van der Waals surface area contributed by atoms with E-state index in [2.05, 4.69) is 10.1 Å². The second-order valence-corrected chi connectivity index (χ2v) is 5.95. The third-order valence-corrected chi connectivity index (χ3v) is 4.70. The molecule has 0 aromatic rings. The zero-order valence-corrected chi connectivity index (χ0v) is 11.7. The fourth-order valence-corrected chi connectivity index (χ4v) is 3.57. The van der Waals surface area contributed by atoms with E-state index in [1.165, 1.54) is 13.5 Å². The second-order valence-electron chi connectivity index (χ2n) is 5.95. The summed E-state index contributed by atoms with van der Waals surface area (Å²) in [4.78, 5) is 23.5. The monoisotopic (exact) mass is 268 g/mol. The van der Waals surface area contributed by atoms with Gasteiger partial charge in [-0.05, 0) is 44.4 Å². The average Bonchev–Trinajstić information content (AvgIpc) is 2.37. The molecule has 3 N–H and O–H groups in total. The average molecular weight is 268 g/mol. The first kappa shape index (κ1) is 14.3. The summed E-state index contributed by atoms with van der Waals surface area (Å²) < 4.78 is 4.62. The molecule has 2 rings (SSSR count). The highest BCUT2D eigenvalue weighted by molar-refractivity contribution is 5.85. The van der Waals surface area contributed by atoms with Crippen molar-refractivity contribution in [3.63, 3.8) is 0 Å². The third kappa shape index (κ3) is 3.08. The summed E-state index contributed by atoms with van der Waals surface area (Å²) in [5, 5.41) is 2.75. The van der Waals surface area contributed by atoms with Crippen molar-refractivity contribution < 1.29 is 14.3 Å². The van der Waals surface area contributed by atoms with Gasteiger partial charge in [-0.3, -0.25) is 4.79 Å². The van der Waals surface area contributed by atoms with Crippen molar-refractivity contribution in [2.75, 3.05) is 7.11 Å². The molecule has 0 saturated heterocycles. The van der Waals surface area contributed by atoms with E-state index in [1.807, 2.05) is 0 Å². The minimum Gasteiger partial charge on any atom is -0.467 e. The van der Waals surface area contributed by atoms with Gasteiger partial charge in [0.2, 0.25) is 5.91 Å². The minimum atomic E-state index is -0.576. The number of fused-ring (bicyclic) bond motifs is 2. The Labute approximate surface area is 114 Å². The van der Waals surface area contributed by atoms with Crippen LogP contribution in [0.25, 0.3) is 0 Å². The Morgan fingerprint density at radius 2 is 1.84 bits per heavy atom. The van der Waals surface area contributed by atoms with Gasteiger partial charge >= 0.3 is 5.97 Å². The molecule has 0 radical (unpaired) electrons. The zero-order valence-electron chi connectivity index (χ0n) is 11.7. The van der Waals surface area contributed by atoms with E-state index < -0.39 is 12.0 Å². The maximum Gasteiger partial charge on any atom is 0.328 e. The molecule has 2 aliphatic carbocycles. The summed E-state index contributed by atoms with van der Waals surface area (Å²) in [5.74, 6) is 0.512. The van der Waals surface area contributed by atoms with Crippen LogP contribution in [0.15, 0.2) is 0 Å². The van der Waals surface area contributed by atoms with Crippen molar-refractivity contribution in [2.45, 2.75) is 51.1 Å². The molecule has 0 aromatic heterocycles. The van der Waals surface area contributed by atoms with E-state index >= 15 is 0 Å². The van der Waals surface area contributed by atoms with Gasteiger partial charge < -0.3 is 15.8 Å². The van der Waals surface area contributed by atoms with Crippen molar-refractivity contribution in [1.82, 2.24) is 5.32 Å². The van der Waals surface area contributed by atoms with E-state index in [9.17, 15) is 9.59 Å². The lowest BCUT2D eigenvalue weighted by atomic mass is 9.65. The van der Waals surface area contributed by atoms with Crippen LogP contribution in [0.5, 0.6) is 0 Å². The summed E-state index contributed by atoms with van der Waals surface area (Å²) in [7, 11) is 1.33. The molecule has 5 heteroatoms. The Bertz CT molecular complexity index is 345. The van der Waals surface area contributed by atoms with Gasteiger partial charge in [-0.15, -0.1) is 0 Å². The smallest absolute Gasteiger partial charge is 0.328 e. The zero-order chi connectivity index (χ0) is 14.0.